The smallest absolute Gasteiger partial charge is 0.335 e. The van der Waals surface area contributed by atoms with Crippen LogP contribution in [0.15, 0.2) is 12.1 Å². The molecule has 0 atom stereocenters. The van der Waals surface area contributed by atoms with Gasteiger partial charge in [0.25, 0.3) is 0 Å². The van der Waals surface area contributed by atoms with Crippen LogP contribution in [0.3, 0.4) is 0 Å². The molecule has 0 bridgehead atoms. The van der Waals surface area contributed by atoms with Gasteiger partial charge in [-0.25, -0.2) is 13.6 Å². The molecule has 1 aromatic carbocycles. The first-order chi connectivity index (χ1) is 8.26. The number of hydrogen-bond acceptors (Lipinski definition) is 2. The summed E-state index contributed by atoms with van der Waals surface area (Å²) >= 11 is 0. The molecule has 0 saturated carbocycles. The van der Waals surface area contributed by atoms with E-state index in [-0.39, 0.29) is 11.1 Å². The van der Waals surface area contributed by atoms with Crippen LogP contribution in [0.1, 0.15) is 37.6 Å². The molecule has 1 rings (SSSR count). The highest BCUT2D eigenvalue weighted by Crippen LogP contribution is 2.25. The molecule has 18 heavy (non-hydrogen) atoms. The van der Waals surface area contributed by atoms with Gasteiger partial charge in [-0.3, -0.25) is 0 Å². The largest absolute Gasteiger partial charge is 0.478 e. The Balaban J connectivity index is 2.94. The maximum Gasteiger partial charge on any atom is 0.335 e. The van der Waals surface area contributed by atoms with Crippen LogP contribution in [0.5, 0.6) is 0 Å². The summed E-state index contributed by atoms with van der Waals surface area (Å²) in [6, 6.07) is 1.62. The van der Waals surface area contributed by atoms with Crippen molar-refractivity contribution in [3.05, 3.63) is 29.3 Å². The zero-order valence-corrected chi connectivity index (χ0v) is 10.7. The lowest BCUT2D eigenvalue weighted by Crippen LogP contribution is -2.23. The van der Waals surface area contributed by atoms with Crippen molar-refractivity contribution in [3.63, 3.8) is 0 Å². The molecule has 0 spiro atoms. The lowest BCUT2D eigenvalue weighted by Gasteiger charge is -2.24. The highest BCUT2D eigenvalue weighted by molar-refractivity contribution is 5.88. The van der Waals surface area contributed by atoms with Crippen molar-refractivity contribution in [1.29, 1.82) is 0 Å². The Morgan fingerprint density at radius 2 is 1.83 bits per heavy atom. The first kappa shape index (κ1) is 14.4. The highest BCUT2D eigenvalue weighted by atomic mass is 19.1. The van der Waals surface area contributed by atoms with Crippen LogP contribution in [0.4, 0.5) is 14.5 Å². The molecule has 0 unspecified atom stereocenters. The number of carboxylic acid groups (broad SMARTS) is 1. The molecule has 0 aromatic heterocycles. The van der Waals surface area contributed by atoms with Crippen molar-refractivity contribution in [2.45, 2.75) is 27.2 Å². The van der Waals surface area contributed by atoms with Crippen molar-refractivity contribution in [2.75, 3.05) is 11.9 Å². The monoisotopic (exact) mass is 257 g/mol. The third-order valence-electron chi connectivity index (χ3n) is 2.99. The van der Waals surface area contributed by atoms with Gasteiger partial charge in [-0.1, -0.05) is 20.8 Å². The van der Waals surface area contributed by atoms with E-state index in [9.17, 15) is 13.6 Å². The molecule has 0 aliphatic heterocycles. The van der Waals surface area contributed by atoms with Gasteiger partial charge >= 0.3 is 5.97 Å². The van der Waals surface area contributed by atoms with E-state index in [0.717, 1.165) is 18.6 Å². The van der Waals surface area contributed by atoms with E-state index in [1.807, 2.05) is 20.8 Å². The predicted octanol–water partition coefficient (Wildman–Crippen LogP) is 3.51. The summed E-state index contributed by atoms with van der Waals surface area (Å²) in [5, 5.41) is 11.4. The highest BCUT2D eigenvalue weighted by Gasteiger charge is 2.19. The quantitative estimate of drug-likeness (QED) is 0.848. The zero-order valence-electron chi connectivity index (χ0n) is 10.7. The zero-order chi connectivity index (χ0) is 13.9. The number of nitrogens with one attached hydrogen (secondary N) is 1. The van der Waals surface area contributed by atoms with E-state index in [0.29, 0.717) is 6.54 Å². The molecule has 0 amide bonds. The van der Waals surface area contributed by atoms with Crippen LogP contribution < -0.4 is 5.32 Å². The maximum absolute atomic E-state index is 13.6. The van der Waals surface area contributed by atoms with Gasteiger partial charge in [0.1, 0.15) is 17.3 Å². The molecule has 0 radical (unpaired) electrons. The Morgan fingerprint density at radius 3 is 2.22 bits per heavy atom. The van der Waals surface area contributed by atoms with E-state index in [4.69, 9.17) is 5.11 Å². The minimum atomic E-state index is -1.35. The molecule has 3 nitrogen and oxygen atoms in total. The van der Waals surface area contributed by atoms with Gasteiger partial charge in [0.05, 0.1) is 5.56 Å². The molecular weight excluding hydrogens is 240 g/mol. The second-order valence-electron chi connectivity index (χ2n) is 4.99. The van der Waals surface area contributed by atoms with E-state index in [1.165, 1.54) is 0 Å². The Morgan fingerprint density at radius 1 is 1.33 bits per heavy atom. The second-order valence-corrected chi connectivity index (χ2v) is 4.99. The SMILES string of the molecule is CCC(C)(C)CNc1c(F)cc(C(=O)O)cc1F. The lowest BCUT2D eigenvalue weighted by molar-refractivity contribution is 0.0696. The standard InChI is InChI=1S/C13H17F2NO2/c1-4-13(2,3)7-16-11-9(14)5-8(12(17)18)6-10(11)15/h5-6,16H,4,7H2,1-3H3,(H,17,18). The summed E-state index contributed by atoms with van der Waals surface area (Å²) in [6.07, 6.45) is 0.858. The van der Waals surface area contributed by atoms with Gasteiger partial charge in [-0.2, -0.15) is 0 Å². The third kappa shape index (κ3) is 3.42. The summed E-state index contributed by atoms with van der Waals surface area (Å²) in [5.74, 6) is -3.13. The summed E-state index contributed by atoms with van der Waals surface area (Å²) in [7, 11) is 0. The number of anilines is 1. The van der Waals surface area contributed by atoms with Crippen molar-refractivity contribution in [2.24, 2.45) is 5.41 Å². The van der Waals surface area contributed by atoms with Crippen molar-refractivity contribution in [1.82, 2.24) is 0 Å². The second kappa shape index (κ2) is 5.33. The molecule has 1 aromatic rings. The van der Waals surface area contributed by atoms with Gasteiger partial charge in [0.15, 0.2) is 0 Å². The van der Waals surface area contributed by atoms with Gasteiger partial charge in [-0.05, 0) is 24.0 Å². The number of rotatable bonds is 5. The van der Waals surface area contributed by atoms with Gasteiger partial charge < -0.3 is 10.4 Å². The Kier molecular flexibility index (Phi) is 4.27. The molecule has 0 fully saturated rings. The Labute approximate surface area is 105 Å². The van der Waals surface area contributed by atoms with E-state index in [2.05, 4.69) is 5.32 Å². The first-order valence-electron chi connectivity index (χ1n) is 5.73. The third-order valence-corrected chi connectivity index (χ3v) is 2.99. The number of carbonyl (C=O) groups is 1. The fourth-order valence-electron chi connectivity index (χ4n) is 1.32. The molecule has 0 heterocycles. The molecule has 0 saturated heterocycles. The topological polar surface area (TPSA) is 49.3 Å². The number of benzene rings is 1. The number of carboxylic acids is 1. The number of halogens is 2. The van der Waals surface area contributed by atoms with Crippen LogP contribution in [0, 0.1) is 17.0 Å². The van der Waals surface area contributed by atoms with E-state index in [1.54, 1.807) is 0 Å². The fraction of sp³-hybridized carbons (Fsp3) is 0.462. The van der Waals surface area contributed by atoms with E-state index < -0.39 is 23.2 Å². The van der Waals surface area contributed by atoms with Crippen LogP contribution in [0.25, 0.3) is 0 Å². The van der Waals surface area contributed by atoms with Gasteiger partial charge in [0, 0.05) is 6.54 Å². The summed E-state index contributed by atoms with van der Waals surface area (Å²) in [4.78, 5) is 10.6. The maximum atomic E-state index is 13.6. The first-order valence-corrected chi connectivity index (χ1v) is 5.73. The molecule has 2 N–H and O–H groups in total. The van der Waals surface area contributed by atoms with Crippen LogP contribution >= 0.6 is 0 Å². The number of hydrogen-bond donors (Lipinski definition) is 2. The predicted molar refractivity (Wildman–Crippen MR) is 65.9 cm³/mol. The van der Waals surface area contributed by atoms with E-state index >= 15 is 0 Å². The molecule has 100 valence electrons. The van der Waals surface area contributed by atoms with Crippen molar-refractivity contribution in [3.8, 4) is 0 Å². The average molecular weight is 257 g/mol. The molecule has 0 aliphatic rings. The summed E-state index contributed by atoms with van der Waals surface area (Å²) in [5.41, 5.74) is -0.767. The summed E-state index contributed by atoms with van der Waals surface area (Å²) < 4.78 is 27.2. The Hall–Kier alpha value is -1.65. The van der Waals surface area contributed by atoms with Crippen LogP contribution in [-0.4, -0.2) is 17.6 Å². The average Bonchev–Trinajstić information content (AvgIpc) is 2.27. The van der Waals surface area contributed by atoms with Gasteiger partial charge in [0.2, 0.25) is 0 Å². The molecule has 5 heteroatoms. The number of aromatic carboxylic acids is 1. The summed E-state index contributed by atoms with van der Waals surface area (Å²) in [6.45, 7) is 6.34. The Bertz CT molecular complexity index is 435. The minimum Gasteiger partial charge on any atom is -0.478 e. The van der Waals surface area contributed by atoms with Crippen molar-refractivity contribution >= 4 is 11.7 Å². The fourth-order valence-corrected chi connectivity index (χ4v) is 1.32. The van der Waals surface area contributed by atoms with Crippen LogP contribution in [-0.2, 0) is 0 Å². The van der Waals surface area contributed by atoms with Crippen LogP contribution in [0.2, 0.25) is 0 Å². The van der Waals surface area contributed by atoms with Crippen molar-refractivity contribution < 1.29 is 18.7 Å². The van der Waals surface area contributed by atoms with Gasteiger partial charge in [-0.15, -0.1) is 0 Å². The minimum absolute atomic E-state index is 0.0929. The lowest BCUT2D eigenvalue weighted by atomic mass is 9.90. The molecular formula is C13H17F2NO2. The normalized spacial score (nSPS) is 11.4. The molecule has 0 aliphatic carbocycles.